The predicted octanol–water partition coefficient (Wildman–Crippen LogP) is 3.10. The van der Waals surface area contributed by atoms with Gasteiger partial charge >= 0.3 is 0 Å². The lowest BCUT2D eigenvalue weighted by Gasteiger charge is -2.03. The molecule has 0 fully saturated rings. The van der Waals surface area contributed by atoms with E-state index in [9.17, 15) is 0 Å². The molecule has 0 amide bonds. The first kappa shape index (κ1) is 9.97. The molecule has 0 N–H and O–H groups in total. The Hall–Kier alpha value is -1.11. The maximum atomic E-state index is 4.29. The molecule has 0 unspecified atom stereocenters. The van der Waals surface area contributed by atoms with E-state index in [0.29, 0.717) is 0 Å². The van der Waals surface area contributed by atoms with Crippen molar-refractivity contribution in [3.05, 3.63) is 35.9 Å². The zero-order chi connectivity index (χ0) is 9.52. The fraction of sp³-hybridized carbons (Fsp3) is 0.417. The van der Waals surface area contributed by atoms with E-state index in [1.807, 2.05) is 13.1 Å². The monoisotopic (exact) mass is 175 g/mol. The van der Waals surface area contributed by atoms with Gasteiger partial charge in [-0.1, -0.05) is 43.7 Å². The van der Waals surface area contributed by atoms with E-state index in [1.54, 1.807) is 0 Å². The van der Waals surface area contributed by atoms with Crippen molar-refractivity contribution < 1.29 is 0 Å². The van der Waals surface area contributed by atoms with Crippen molar-refractivity contribution in [3.8, 4) is 0 Å². The largest absolute Gasteiger partial charge is 0.297 e. The van der Waals surface area contributed by atoms with Crippen LogP contribution in [0.25, 0.3) is 0 Å². The molecule has 13 heavy (non-hydrogen) atoms. The average Bonchev–Trinajstić information content (AvgIpc) is 2.19. The van der Waals surface area contributed by atoms with E-state index in [4.69, 9.17) is 0 Å². The maximum absolute atomic E-state index is 4.29. The highest BCUT2D eigenvalue weighted by molar-refractivity contribution is 5.86. The number of hydrogen-bond donors (Lipinski definition) is 0. The summed E-state index contributed by atoms with van der Waals surface area (Å²) in [6, 6.07) is 10.5. The van der Waals surface area contributed by atoms with Crippen LogP contribution in [0.2, 0.25) is 0 Å². The predicted molar refractivity (Wildman–Crippen MR) is 58.4 cm³/mol. The Balaban J connectivity index is 2.58. The summed E-state index contributed by atoms with van der Waals surface area (Å²) < 4.78 is 0. The van der Waals surface area contributed by atoms with Crippen LogP contribution in [0.1, 0.15) is 25.3 Å². The number of aliphatic imine (C=N–C) groups is 1. The van der Waals surface area contributed by atoms with Crippen LogP contribution in [-0.2, 0) is 6.42 Å². The minimum absolute atomic E-state index is 1.01. The van der Waals surface area contributed by atoms with Crippen molar-refractivity contribution in [3.63, 3.8) is 0 Å². The van der Waals surface area contributed by atoms with Gasteiger partial charge in [0.1, 0.15) is 0 Å². The van der Waals surface area contributed by atoms with E-state index < -0.39 is 0 Å². The van der Waals surface area contributed by atoms with Crippen molar-refractivity contribution >= 4 is 5.71 Å². The summed E-state index contributed by atoms with van der Waals surface area (Å²) in [5.74, 6) is 0. The minimum atomic E-state index is 1.01. The van der Waals surface area contributed by atoms with Gasteiger partial charge in [0, 0.05) is 19.2 Å². The molecule has 1 nitrogen and oxygen atoms in total. The van der Waals surface area contributed by atoms with Crippen LogP contribution >= 0.6 is 0 Å². The lowest BCUT2D eigenvalue weighted by molar-refractivity contribution is 0.968. The second-order valence-electron chi connectivity index (χ2n) is 3.20. The Bertz CT molecular complexity index is 262. The van der Waals surface area contributed by atoms with Crippen LogP contribution in [0.4, 0.5) is 0 Å². The van der Waals surface area contributed by atoms with Crippen molar-refractivity contribution in [2.24, 2.45) is 4.99 Å². The molecule has 0 aliphatic carbocycles. The molecule has 0 aliphatic rings. The molecular weight excluding hydrogens is 158 g/mol. The fourth-order valence-electron chi connectivity index (χ4n) is 1.40. The van der Waals surface area contributed by atoms with Crippen LogP contribution in [0.15, 0.2) is 35.3 Å². The van der Waals surface area contributed by atoms with Gasteiger partial charge in [-0.2, -0.15) is 0 Å². The van der Waals surface area contributed by atoms with E-state index in [1.165, 1.54) is 17.7 Å². The molecule has 0 saturated carbocycles. The molecule has 0 spiro atoms. The Morgan fingerprint density at radius 2 is 1.92 bits per heavy atom. The number of nitrogens with zero attached hydrogens (tertiary/aromatic N) is 1. The number of hydrogen-bond acceptors (Lipinski definition) is 1. The molecule has 1 aromatic carbocycles. The third-order valence-electron chi connectivity index (χ3n) is 2.11. The lowest BCUT2D eigenvalue weighted by atomic mass is 10.1. The fourth-order valence-corrected chi connectivity index (χ4v) is 1.40. The summed E-state index contributed by atoms with van der Waals surface area (Å²) in [7, 11) is 1.88. The highest BCUT2D eigenvalue weighted by Crippen LogP contribution is 2.04. The highest BCUT2D eigenvalue weighted by atomic mass is 14.7. The quantitative estimate of drug-likeness (QED) is 0.623. The van der Waals surface area contributed by atoms with Gasteiger partial charge in [0.25, 0.3) is 0 Å². The topological polar surface area (TPSA) is 12.4 Å². The van der Waals surface area contributed by atoms with Gasteiger partial charge in [-0.3, -0.25) is 4.99 Å². The molecule has 0 radical (unpaired) electrons. The summed E-state index contributed by atoms with van der Waals surface area (Å²) in [5, 5.41) is 0. The van der Waals surface area contributed by atoms with Gasteiger partial charge < -0.3 is 0 Å². The zero-order valence-corrected chi connectivity index (χ0v) is 8.46. The number of benzene rings is 1. The third kappa shape index (κ3) is 3.41. The highest BCUT2D eigenvalue weighted by Gasteiger charge is 1.98. The SMILES string of the molecule is CCCC(Cc1ccccc1)=NC. The van der Waals surface area contributed by atoms with Gasteiger partial charge in [0.15, 0.2) is 0 Å². The Morgan fingerprint density at radius 3 is 2.46 bits per heavy atom. The molecule has 1 aromatic rings. The second kappa shape index (κ2) is 5.52. The van der Waals surface area contributed by atoms with Crippen LogP contribution in [0.3, 0.4) is 0 Å². The molecule has 0 aliphatic heterocycles. The Morgan fingerprint density at radius 1 is 1.23 bits per heavy atom. The molecule has 70 valence electrons. The van der Waals surface area contributed by atoms with Crippen molar-refractivity contribution in [1.29, 1.82) is 0 Å². The van der Waals surface area contributed by atoms with Crippen LogP contribution in [0.5, 0.6) is 0 Å². The van der Waals surface area contributed by atoms with Crippen molar-refractivity contribution in [1.82, 2.24) is 0 Å². The summed E-state index contributed by atoms with van der Waals surface area (Å²) in [4.78, 5) is 4.29. The van der Waals surface area contributed by atoms with Crippen LogP contribution < -0.4 is 0 Å². The standard InChI is InChI=1S/C12H17N/c1-3-7-12(13-2)10-11-8-5-4-6-9-11/h4-6,8-9H,3,7,10H2,1-2H3. The van der Waals surface area contributed by atoms with Crippen LogP contribution in [0, 0.1) is 0 Å². The first-order chi connectivity index (χ1) is 6.36. The van der Waals surface area contributed by atoms with Crippen molar-refractivity contribution in [2.45, 2.75) is 26.2 Å². The van der Waals surface area contributed by atoms with E-state index in [-0.39, 0.29) is 0 Å². The van der Waals surface area contributed by atoms with E-state index in [0.717, 1.165) is 12.8 Å². The molecule has 0 aromatic heterocycles. The van der Waals surface area contributed by atoms with Gasteiger partial charge in [0.05, 0.1) is 0 Å². The molecule has 0 saturated heterocycles. The molecule has 1 rings (SSSR count). The lowest BCUT2D eigenvalue weighted by Crippen LogP contribution is -2.02. The normalized spacial score (nSPS) is 11.7. The summed E-state index contributed by atoms with van der Waals surface area (Å²) in [6.07, 6.45) is 3.30. The average molecular weight is 175 g/mol. The zero-order valence-electron chi connectivity index (χ0n) is 8.46. The number of rotatable bonds is 4. The molecule has 0 atom stereocenters. The molecule has 0 bridgehead atoms. The van der Waals surface area contributed by atoms with Gasteiger partial charge in [-0.05, 0) is 12.0 Å². The second-order valence-corrected chi connectivity index (χ2v) is 3.20. The maximum Gasteiger partial charge on any atom is 0.0276 e. The summed E-state index contributed by atoms with van der Waals surface area (Å²) >= 11 is 0. The first-order valence-corrected chi connectivity index (χ1v) is 4.85. The molecule has 1 heteroatoms. The third-order valence-corrected chi connectivity index (χ3v) is 2.11. The smallest absolute Gasteiger partial charge is 0.0276 e. The molecule has 0 heterocycles. The van der Waals surface area contributed by atoms with Gasteiger partial charge in [0.2, 0.25) is 0 Å². The van der Waals surface area contributed by atoms with E-state index >= 15 is 0 Å². The van der Waals surface area contributed by atoms with Crippen LogP contribution in [-0.4, -0.2) is 12.8 Å². The Labute approximate surface area is 80.5 Å². The minimum Gasteiger partial charge on any atom is -0.297 e. The summed E-state index contributed by atoms with van der Waals surface area (Å²) in [6.45, 7) is 2.19. The first-order valence-electron chi connectivity index (χ1n) is 4.85. The Kier molecular flexibility index (Phi) is 4.24. The molecular formula is C12H17N. The van der Waals surface area contributed by atoms with Crippen molar-refractivity contribution in [2.75, 3.05) is 7.05 Å². The van der Waals surface area contributed by atoms with Gasteiger partial charge in [-0.25, -0.2) is 0 Å². The summed E-state index contributed by atoms with van der Waals surface area (Å²) in [5.41, 5.74) is 2.66. The van der Waals surface area contributed by atoms with E-state index in [2.05, 4.69) is 36.2 Å². The van der Waals surface area contributed by atoms with Gasteiger partial charge in [-0.15, -0.1) is 0 Å².